The van der Waals surface area contributed by atoms with Crippen molar-refractivity contribution in [3.63, 3.8) is 0 Å². The van der Waals surface area contributed by atoms with Crippen LogP contribution < -0.4 is 10.3 Å². The van der Waals surface area contributed by atoms with Crippen LogP contribution in [0, 0.1) is 0 Å². The van der Waals surface area contributed by atoms with Gasteiger partial charge < -0.3 is 19.6 Å². The van der Waals surface area contributed by atoms with Crippen LogP contribution in [0.4, 0.5) is 0 Å². The third-order valence-electron chi connectivity index (χ3n) is 3.49. The summed E-state index contributed by atoms with van der Waals surface area (Å²) >= 11 is 0. The number of Topliss-reactive ketones (excluding diaryl/α,β-unsaturated/α-hetero) is 1. The van der Waals surface area contributed by atoms with Crippen molar-refractivity contribution in [2.45, 2.75) is 12.5 Å². The number of aromatic amines is 1. The molecular formula is C15H13NO6. The zero-order valence-corrected chi connectivity index (χ0v) is 11.7. The van der Waals surface area contributed by atoms with Crippen LogP contribution in [-0.4, -0.2) is 40.7 Å². The molecule has 2 aromatic rings. The summed E-state index contributed by atoms with van der Waals surface area (Å²) in [6.45, 7) is 1.10. The van der Waals surface area contributed by atoms with E-state index in [1.165, 1.54) is 12.1 Å². The largest absolute Gasteiger partial charge is 0.489 e. The van der Waals surface area contributed by atoms with Gasteiger partial charge in [0.15, 0.2) is 0 Å². The highest BCUT2D eigenvalue weighted by molar-refractivity contribution is 6.18. The summed E-state index contributed by atoms with van der Waals surface area (Å²) < 4.78 is 10.1. The molecule has 0 radical (unpaired) electrons. The predicted molar refractivity (Wildman–Crippen MR) is 76.0 cm³/mol. The van der Waals surface area contributed by atoms with Crippen molar-refractivity contribution in [3.8, 4) is 5.75 Å². The first-order valence-corrected chi connectivity index (χ1v) is 6.70. The maximum absolute atomic E-state index is 12.5. The van der Waals surface area contributed by atoms with E-state index >= 15 is 0 Å². The summed E-state index contributed by atoms with van der Waals surface area (Å²) in [5.74, 6) is -1.61. The molecule has 0 fully saturated rings. The van der Waals surface area contributed by atoms with Crippen molar-refractivity contribution in [1.29, 1.82) is 0 Å². The molecule has 114 valence electrons. The Hall–Kier alpha value is -2.67. The number of hydrogen-bond acceptors (Lipinski definition) is 6. The maximum atomic E-state index is 12.5. The summed E-state index contributed by atoms with van der Waals surface area (Å²) in [5.41, 5.74) is -2.25. The molecule has 0 amide bonds. The fraction of sp³-hybridized carbons (Fsp3) is 0.267. The Labute approximate surface area is 124 Å². The summed E-state index contributed by atoms with van der Waals surface area (Å²) in [4.78, 5) is 38.2. The van der Waals surface area contributed by atoms with Crippen LogP contribution in [0.3, 0.4) is 0 Å². The van der Waals surface area contributed by atoms with Crippen LogP contribution >= 0.6 is 0 Å². The Balaban J connectivity index is 2.12. The second kappa shape index (κ2) is 4.96. The summed E-state index contributed by atoms with van der Waals surface area (Å²) in [5, 5.41) is 11.0. The molecule has 0 saturated carbocycles. The number of fused-ring (bicyclic) bond motifs is 2. The van der Waals surface area contributed by atoms with Crippen molar-refractivity contribution in [2.24, 2.45) is 0 Å². The number of carbonyl (C=O) groups excluding carboxylic acids is 2. The van der Waals surface area contributed by atoms with E-state index in [-0.39, 0.29) is 23.5 Å². The van der Waals surface area contributed by atoms with Gasteiger partial charge in [-0.3, -0.25) is 9.59 Å². The quantitative estimate of drug-likeness (QED) is 0.614. The highest BCUT2D eigenvalue weighted by Crippen LogP contribution is 2.33. The fourth-order valence-corrected chi connectivity index (χ4v) is 2.35. The monoisotopic (exact) mass is 303 g/mol. The molecule has 0 aliphatic carbocycles. The Morgan fingerprint density at radius 1 is 1.41 bits per heavy atom. The predicted octanol–water partition coefficient (Wildman–Crippen LogP) is 0.397. The molecule has 2 heterocycles. The molecule has 7 nitrogen and oxygen atoms in total. The first-order valence-electron chi connectivity index (χ1n) is 6.70. The van der Waals surface area contributed by atoms with E-state index in [0.29, 0.717) is 10.9 Å². The van der Waals surface area contributed by atoms with Crippen LogP contribution in [0.25, 0.3) is 10.9 Å². The van der Waals surface area contributed by atoms with Gasteiger partial charge in [0.25, 0.3) is 5.60 Å². The lowest BCUT2D eigenvalue weighted by Crippen LogP contribution is -2.54. The molecule has 22 heavy (non-hydrogen) atoms. The zero-order chi connectivity index (χ0) is 15.9. The highest BCUT2D eigenvalue weighted by Gasteiger charge is 2.50. The van der Waals surface area contributed by atoms with Gasteiger partial charge in [0.05, 0.1) is 12.2 Å². The van der Waals surface area contributed by atoms with Gasteiger partial charge >= 0.3 is 5.97 Å². The molecule has 1 atom stereocenters. The molecular weight excluding hydrogens is 290 g/mol. The van der Waals surface area contributed by atoms with Crippen LogP contribution in [0.5, 0.6) is 5.75 Å². The van der Waals surface area contributed by atoms with Gasteiger partial charge in [-0.15, -0.1) is 0 Å². The minimum Gasteiger partial charge on any atom is -0.489 e. The van der Waals surface area contributed by atoms with Crippen molar-refractivity contribution < 1.29 is 24.2 Å². The number of ketones is 1. The van der Waals surface area contributed by atoms with Crippen LogP contribution in [0.1, 0.15) is 17.3 Å². The van der Waals surface area contributed by atoms with Gasteiger partial charge in [0.2, 0.25) is 11.3 Å². The number of esters is 1. The summed E-state index contributed by atoms with van der Waals surface area (Å²) in [6, 6.07) is 5.91. The molecule has 1 unspecified atom stereocenters. The average Bonchev–Trinajstić information content (AvgIpc) is 2.50. The Morgan fingerprint density at radius 3 is 2.91 bits per heavy atom. The molecule has 1 aliphatic heterocycles. The van der Waals surface area contributed by atoms with Crippen LogP contribution in [0.15, 0.2) is 29.1 Å². The minimum atomic E-state index is -2.37. The van der Waals surface area contributed by atoms with E-state index < -0.39 is 24.0 Å². The molecule has 1 aliphatic rings. The molecule has 1 aromatic carbocycles. The number of benzene rings is 1. The van der Waals surface area contributed by atoms with Crippen LogP contribution in [0.2, 0.25) is 0 Å². The number of pyridine rings is 1. The maximum Gasteiger partial charge on any atom is 0.350 e. The Kier molecular flexibility index (Phi) is 3.22. The smallest absolute Gasteiger partial charge is 0.350 e. The number of aromatic nitrogens is 1. The lowest BCUT2D eigenvalue weighted by Gasteiger charge is -2.29. The third-order valence-corrected chi connectivity index (χ3v) is 3.49. The number of H-pyrrole nitrogens is 1. The van der Waals surface area contributed by atoms with Gasteiger partial charge in [0, 0.05) is 17.0 Å². The van der Waals surface area contributed by atoms with E-state index in [1.54, 1.807) is 19.1 Å². The molecule has 2 N–H and O–H groups in total. The zero-order valence-electron chi connectivity index (χ0n) is 11.7. The van der Waals surface area contributed by atoms with Crippen molar-refractivity contribution in [3.05, 3.63) is 40.2 Å². The topological polar surface area (TPSA) is 106 Å². The number of carbonyl (C=O) groups is 2. The standard InChI is InChI=1S/C15H13NO6/c1-2-21-14(19)15(20)7-22-11-5-8-3-4-12(17)16-10(8)6-9(11)13(15)18/h3-6,20H,2,7H2,1H3,(H,16,17). The van der Waals surface area contributed by atoms with E-state index in [9.17, 15) is 19.5 Å². The lowest BCUT2D eigenvalue weighted by atomic mass is 9.90. The number of rotatable bonds is 2. The molecule has 1 aromatic heterocycles. The third kappa shape index (κ3) is 2.06. The summed E-state index contributed by atoms with van der Waals surface area (Å²) in [7, 11) is 0. The second-order valence-electron chi connectivity index (χ2n) is 4.96. The van der Waals surface area contributed by atoms with E-state index in [0.717, 1.165) is 0 Å². The first-order chi connectivity index (χ1) is 10.5. The lowest BCUT2D eigenvalue weighted by molar-refractivity contribution is -0.162. The number of aliphatic hydroxyl groups is 1. The Morgan fingerprint density at radius 2 is 2.18 bits per heavy atom. The minimum absolute atomic E-state index is 0.0242. The number of hydrogen-bond donors (Lipinski definition) is 2. The van der Waals surface area contributed by atoms with Crippen molar-refractivity contribution >= 4 is 22.7 Å². The van der Waals surface area contributed by atoms with Gasteiger partial charge in [-0.1, -0.05) is 0 Å². The normalized spacial score (nSPS) is 20.4. The van der Waals surface area contributed by atoms with Crippen molar-refractivity contribution in [1.82, 2.24) is 4.98 Å². The second-order valence-corrected chi connectivity index (χ2v) is 4.96. The fourth-order valence-electron chi connectivity index (χ4n) is 2.35. The van der Waals surface area contributed by atoms with Crippen LogP contribution in [-0.2, 0) is 9.53 Å². The first kappa shape index (κ1) is 14.3. The summed E-state index contributed by atoms with van der Waals surface area (Å²) in [6.07, 6.45) is 0. The van der Waals surface area contributed by atoms with Gasteiger partial charge in [-0.25, -0.2) is 4.79 Å². The molecule has 7 heteroatoms. The molecule has 0 bridgehead atoms. The SMILES string of the molecule is CCOC(=O)C1(O)COc2cc3ccc(=O)[nH]c3cc2C1=O. The Bertz CT molecular complexity index is 840. The average molecular weight is 303 g/mol. The van der Waals surface area contributed by atoms with E-state index in [1.807, 2.05) is 0 Å². The van der Waals surface area contributed by atoms with Gasteiger partial charge in [0.1, 0.15) is 12.4 Å². The van der Waals surface area contributed by atoms with E-state index in [2.05, 4.69) is 4.98 Å². The number of ether oxygens (including phenoxy) is 2. The number of nitrogens with one attached hydrogen (secondary N) is 1. The molecule has 0 spiro atoms. The van der Waals surface area contributed by atoms with Gasteiger partial charge in [-0.05, 0) is 25.1 Å². The molecule has 3 rings (SSSR count). The van der Waals surface area contributed by atoms with Gasteiger partial charge in [-0.2, -0.15) is 0 Å². The highest BCUT2D eigenvalue weighted by atomic mass is 16.6. The molecule has 0 saturated heterocycles. The van der Waals surface area contributed by atoms with E-state index in [4.69, 9.17) is 9.47 Å². The van der Waals surface area contributed by atoms with Crippen molar-refractivity contribution in [2.75, 3.05) is 13.2 Å².